The highest BCUT2D eigenvalue weighted by Crippen LogP contribution is 2.56. The second-order valence-corrected chi connectivity index (χ2v) is 13.6. The van der Waals surface area contributed by atoms with Gasteiger partial charge in [0.2, 0.25) is 11.8 Å². The number of fused-ring (bicyclic) bond motifs is 2. The van der Waals surface area contributed by atoms with Gasteiger partial charge in [0.05, 0.1) is 24.7 Å². The minimum Gasteiger partial charge on any atom is -0.455 e. The Bertz CT molecular complexity index is 1620. The number of nitrogens with zero attached hydrogens (tertiary/aromatic N) is 2. The fraction of sp³-hybridized carbons (Fsp3) is 0.487. The van der Waals surface area contributed by atoms with Crippen LogP contribution in [0.1, 0.15) is 54.9 Å². The molecule has 4 aliphatic heterocycles. The Kier molecular flexibility index (Phi) is 10.9. The van der Waals surface area contributed by atoms with Gasteiger partial charge in [-0.15, -0.1) is 0 Å². The van der Waals surface area contributed by atoms with Crippen LogP contribution in [-0.4, -0.2) is 90.9 Å². The third-order valence-electron chi connectivity index (χ3n) is 10.3. The van der Waals surface area contributed by atoms with Crippen LogP contribution < -0.4 is 10.2 Å². The summed E-state index contributed by atoms with van der Waals surface area (Å²) in [4.78, 5) is 60.7. The number of carbonyl (C=O) groups excluding carboxylic acids is 4. The van der Waals surface area contributed by atoms with Crippen molar-refractivity contribution in [3.63, 3.8) is 0 Å². The van der Waals surface area contributed by atoms with Gasteiger partial charge in [-0.3, -0.25) is 19.2 Å². The minimum atomic E-state index is -1.38. The molecule has 4 heterocycles. The van der Waals surface area contributed by atoms with Gasteiger partial charge in [-0.05, 0) is 56.2 Å². The number of hydrogen-bond acceptors (Lipinski definition) is 8. The number of anilines is 1. The Morgan fingerprint density at radius 2 is 1.72 bits per heavy atom. The van der Waals surface area contributed by atoms with Gasteiger partial charge in [0.1, 0.15) is 23.7 Å². The number of amides is 3. The van der Waals surface area contributed by atoms with E-state index in [1.807, 2.05) is 74.5 Å². The van der Waals surface area contributed by atoms with E-state index in [0.717, 1.165) is 16.8 Å². The molecule has 2 aromatic rings. The molecule has 2 aromatic carbocycles. The van der Waals surface area contributed by atoms with E-state index in [-0.39, 0.29) is 50.4 Å². The standard InChI is InChI=1S/C39H47N3O8/c1-25-14-13-15-26(2)33(25)41-21-10-5-9-18-30(44)40-28(24-48-3)34(27-16-7-4-8-17-27)49-38(47)31-29-19-20-39(50-29)32(31)36(45)42(35(39)37(41)46)22-11-6-12-23-43/h4-5,7-8,10,13-17,19-20,28-29,31-32,34-35,43H,6,9,11-12,18,21-24H2,1-3H3,(H,40,44)/b10-5-/t28-,29+,31-,32-,34-,35+,39-/m1/s1. The predicted molar refractivity (Wildman–Crippen MR) is 186 cm³/mol. The van der Waals surface area contributed by atoms with Crippen molar-refractivity contribution in [1.82, 2.24) is 10.2 Å². The van der Waals surface area contributed by atoms with Gasteiger partial charge in [0, 0.05) is 38.9 Å². The summed E-state index contributed by atoms with van der Waals surface area (Å²) in [7, 11) is 1.52. The van der Waals surface area contributed by atoms with E-state index < -0.39 is 47.7 Å². The number of aliphatic hydroxyl groups is 1. The second kappa shape index (κ2) is 15.3. The minimum absolute atomic E-state index is 0.0318. The summed E-state index contributed by atoms with van der Waals surface area (Å²) in [6.07, 6.45) is 8.04. The molecular formula is C39H47N3O8. The lowest BCUT2D eigenvalue weighted by Gasteiger charge is -2.36. The molecule has 2 fully saturated rings. The van der Waals surface area contributed by atoms with Crippen LogP contribution in [0.4, 0.5) is 5.69 Å². The zero-order chi connectivity index (χ0) is 35.4. The average molecular weight is 686 g/mol. The van der Waals surface area contributed by atoms with Crippen LogP contribution in [0, 0.1) is 25.7 Å². The number of nitrogens with one attached hydrogen (secondary N) is 1. The number of rotatable bonds is 9. The molecule has 4 aliphatic rings. The zero-order valence-electron chi connectivity index (χ0n) is 29.0. The monoisotopic (exact) mass is 685 g/mol. The smallest absolute Gasteiger partial charge is 0.313 e. The molecule has 2 saturated heterocycles. The fourth-order valence-electron chi connectivity index (χ4n) is 8.10. The van der Waals surface area contributed by atoms with E-state index in [1.54, 1.807) is 22.0 Å². The molecule has 0 aliphatic carbocycles. The molecule has 7 atom stereocenters. The molecule has 5 bridgehead atoms. The number of esters is 1. The maximum absolute atomic E-state index is 15.1. The summed E-state index contributed by atoms with van der Waals surface area (Å²) in [5, 5.41) is 12.4. The molecule has 3 amide bonds. The van der Waals surface area contributed by atoms with Gasteiger partial charge in [-0.25, -0.2) is 0 Å². The van der Waals surface area contributed by atoms with Crippen molar-refractivity contribution < 1.29 is 38.5 Å². The molecule has 11 heteroatoms. The van der Waals surface area contributed by atoms with E-state index in [4.69, 9.17) is 14.2 Å². The maximum Gasteiger partial charge on any atom is 0.313 e. The van der Waals surface area contributed by atoms with Crippen molar-refractivity contribution in [3.8, 4) is 0 Å². The van der Waals surface area contributed by atoms with E-state index in [1.165, 1.54) is 7.11 Å². The van der Waals surface area contributed by atoms with Crippen molar-refractivity contribution in [1.29, 1.82) is 0 Å². The van der Waals surface area contributed by atoms with Crippen LogP contribution in [0.5, 0.6) is 0 Å². The topological polar surface area (TPSA) is 135 Å². The molecule has 1 spiro atoms. The van der Waals surface area contributed by atoms with Crippen molar-refractivity contribution in [3.05, 3.63) is 89.5 Å². The first-order valence-corrected chi connectivity index (χ1v) is 17.6. The molecule has 0 radical (unpaired) electrons. The number of hydrogen-bond donors (Lipinski definition) is 2. The molecule has 6 rings (SSSR count). The third kappa shape index (κ3) is 6.61. The van der Waals surface area contributed by atoms with Gasteiger partial charge in [-0.2, -0.15) is 0 Å². The number of benzene rings is 2. The lowest BCUT2D eigenvalue weighted by Crippen LogP contribution is -2.56. The fourth-order valence-corrected chi connectivity index (χ4v) is 8.10. The van der Waals surface area contributed by atoms with Crippen LogP contribution >= 0.6 is 0 Å². The highest BCUT2D eigenvalue weighted by molar-refractivity contribution is 6.06. The average Bonchev–Trinajstić information content (AvgIpc) is 3.75. The number of cyclic esters (lactones) is 1. The molecule has 0 aromatic heterocycles. The number of aryl methyl sites for hydroxylation is 2. The number of para-hydroxylation sites is 1. The van der Waals surface area contributed by atoms with Crippen LogP contribution in [-0.2, 0) is 33.4 Å². The van der Waals surface area contributed by atoms with Gasteiger partial charge in [-0.1, -0.05) is 72.8 Å². The molecule has 266 valence electrons. The first-order chi connectivity index (χ1) is 24.2. The number of allylic oxidation sites excluding steroid dienone is 1. The quantitative estimate of drug-likeness (QED) is 0.232. The number of unbranched alkanes of at least 4 members (excludes halogenated alkanes) is 2. The summed E-state index contributed by atoms with van der Waals surface area (Å²) >= 11 is 0. The molecule has 11 nitrogen and oxygen atoms in total. The van der Waals surface area contributed by atoms with E-state index in [0.29, 0.717) is 31.2 Å². The van der Waals surface area contributed by atoms with Gasteiger partial charge in [0.15, 0.2) is 0 Å². The van der Waals surface area contributed by atoms with Crippen molar-refractivity contribution in [2.24, 2.45) is 11.8 Å². The molecule has 0 saturated carbocycles. The Morgan fingerprint density at radius 3 is 2.44 bits per heavy atom. The summed E-state index contributed by atoms with van der Waals surface area (Å²) in [5.41, 5.74) is 1.82. The highest BCUT2D eigenvalue weighted by atomic mass is 16.6. The zero-order valence-corrected chi connectivity index (χ0v) is 29.0. The van der Waals surface area contributed by atoms with Crippen LogP contribution in [0.25, 0.3) is 0 Å². The molecular weight excluding hydrogens is 638 g/mol. The number of ether oxygens (including phenoxy) is 3. The van der Waals surface area contributed by atoms with E-state index >= 15 is 4.79 Å². The Hall–Kier alpha value is -4.32. The van der Waals surface area contributed by atoms with Crippen molar-refractivity contribution in [2.45, 2.75) is 75.8 Å². The number of carbonyl (C=O) groups is 4. The van der Waals surface area contributed by atoms with Crippen LogP contribution in [0.3, 0.4) is 0 Å². The Morgan fingerprint density at radius 1 is 0.960 bits per heavy atom. The second-order valence-electron chi connectivity index (χ2n) is 13.6. The number of aliphatic hydroxyl groups excluding tert-OH is 1. The van der Waals surface area contributed by atoms with Gasteiger partial charge >= 0.3 is 5.97 Å². The Balaban J connectivity index is 1.46. The van der Waals surface area contributed by atoms with Gasteiger partial charge < -0.3 is 34.4 Å². The Labute approximate surface area is 293 Å². The molecule has 2 N–H and O–H groups in total. The largest absolute Gasteiger partial charge is 0.455 e. The normalized spacial score (nSPS) is 30.4. The molecule has 50 heavy (non-hydrogen) atoms. The van der Waals surface area contributed by atoms with E-state index in [9.17, 15) is 19.5 Å². The summed E-state index contributed by atoms with van der Waals surface area (Å²) < 4.78 is 18.4. The van der Waals surface area contributed by atoms with Crippen LogP contribution in [0.2, 0.25) is 0 Å². The summed E-state index contributed by atoms with van der Waals surface area (Å²) in [6.45, 7) is 4.48. The predicted octanol–water partition coefficient (Wildman–Crippen LogP) is 3.72. The maximum atomic E-state index is 15.1. The first kappa shape index (κ1) is 35.5. The summed E-state index contributed by atoms with van der Waals surface area (Å²) in [5.74, 6) is -3.54. The number of likely N-dealkylation sites (tertiary alicyclic amines) is 1. The highest BCUT2D eigenvalue weighted by Gasteiger charge is 2.73. The van der Waals surface area contributed by atoms with Gasteiger partial charge in [0.25, 0.3) is 5.91 Å². The van der Waals surface area contributed by atoms with E-state index in [2.05, 4.69) is 5.32 Å². The van der Waals surface area contributed by atoms with Crippen LogP contribution in [0.15, 0.2) is 72.8 Å². The molecule has 0 unspecified atom stereocenters. The first-order valence-electron chi connectivity index (χ1n) is 17.6. The van der Waals surface area contributed by atoms with Crippen molar-refractivity contribution >= 4 is 29.4 Å². The lowest BCUT2D eigenvalue weighted by atomic mass is 9.74. The third-order valence-corrected chi connectivity index (χ3v) is 10.3. The SMILES string of the molecule is COC[C@H]1NC(=O)CC/C=C\CN(c2c(C)cccc2C)C(=O)[C@@H]2N(CCCCCO)C(=O)[C@H]3[C@H](C(=O)O[C@@H]1c1ccccc1)[C@@H]1C=C[C@]23O1. The number of methoxy groups -OCH3 is 1. The lowest BCUT2D eigenvalue weighted by molar-refractivity contribution is -0.162. The summed E-state index contributed by atoms with van der Waals surface area (Å²) in [6, 6.07) is 13.2. The van der Waals surface area contributed by atoms with Crippen molar-refractivity contribution in [2.75, 3.05) is 38.3 Å².